The highest BCUT2D eigenvalue weighted by molar-refractivity contribution is 5.94. The molecule has 2 aromatic rings. The van der Waals surface area contributed by atoms with Crippen LogP contribution in [0.25, 0.3) is 0 Å². The van der Waals surface area contributed by atoms with Crippen LogP contribution < -0.4 is 10.6 Å². The lowest BCUT2D eigenvalue weighted by molar-refractivity contribution is 0.0924. The average Bonchev–Trinajstić information content (AvgIpc) is 2.69. The molecule has 0 saturated carbocycles. The van der Waals surface area contributed by atoms with E-state index in [0.717, 1.165) is 18.7 Å². The number of carbonyl (C=O) groups is 1. The third-order valence-electron chi connectivity index (χ3n) is 4.63. The molecule has 0 bridgehead atoms. The fourth-order valence-corrected chi connectivity index (χ4v) is 3.26. The monoisotopic (exact) mass is 339 g/mol. The number of pyridine rings is 2. The molecule has 132 valence electrons. The molecule has 3 rings (SSSR count). The number of piperidine rings is 1. The number of amides is 1. The molecule has 1 aliphatic rings. The first-order chi connectivity index (χ1) is 12.3. The Morgan fingerprint density at radius 3 is 2.80 bits per heavy atom. The van der Waals surface area contributed by atoms with Gasteiger partial charge in [0.25, 0.3) is 5.91 Å². The Bertz CT molecular complexity index is 685. The van der Waals surface area contributed by atoms with Gasteiger partial charge in [0.15, 0.2) is 0 Å². The number of anilines is 1. The van der Waals surface area contributed by atoms with Crippen molar-refractivity contribution >= 4 is 11.7 Å². The number of nitrogens with zero attached hydrogens (tertiary/aromatic N) is 3. The van der Waals surface area contributed by atoms with Gasteiger partial charge in [-0.2, -0.15) is 0 Å². The molecule has 1 atom stereocenters. The number of nitrogens with one attached hydrogen (secondary N) is 2. The van der Waals surface area contributed by atoms with Gasteiger partial charge in [0.1, 0.15) is 5.82 Å². The molecule has 3 heterocycles. The zero-order valence-corrected chi connectivity index (χ0v) is 14.6. The second-order valence-electron chi connectivity index (χ2n) is 6.29. The van der Waals surface area contributed by atoms with Gasteiger partial charge < -0.3 is 10.6 Å². The molecule has 1 amide bonds. The fraction of sp³-hybridized carbons (Fsp3) is 0.421. The second kappa shape index (κ2) is 8.58. The smallest absolute Gasteiger partial charge is 0.251 e. The number of hydrogen-bond donors (Lipinski definition) is 2. The van der Waals surface area contributed by atoms with E-state index in [-0.39, 0.29) is 11.9 Å². The molecule has 0 aromatic carbocycles. The topological polar surface area (TPSA) is 70.2 Å². The minimum absolute atomic E-state index is 0.0789. The van der Waals surface area contributed by atoms with Crippen LogP contribution in [0.4, 0.5) is 5.82 Å². The summed E-state index contributed by atoms with van der Waals surface area (Å²) in [4.78, 5) is 23.4. The SMILES string of the molecule is CNc1cc(C(=O)NCC(c2cccnc2)N2CCCCC2)ccn1. The molecule has 2 aromatic heterocycles. The first-order valence-corrected chi connectivity index (χ1v) is 8.84. The van der Waals surface area contributed by atoms with Crippen molar-refractivity contribution < 1.29 is 4.79 Å². The van der Waals surface area contributed by atoms with Gasteiger partial charge in [-0.3, -0.25) is 14.7 Å². The van der Waals surface area contributed by atoms with Gasteiger partial charge in [-0.1, -0.05) is 12.5 Å². The highest BCUT2D eigenvalue weighted by atomic mass is 16.1. The summed E-state index contributed by atoms with van der Waals surface area (Å²) in [5.74, 6) is 0.609. The van der Waals surface area contributed by atoms with Gasteiger partial charge >= 0.3 is 0 Å². The molecule has 1 unspecified atom stereocenters. The summed E-state index contributed by atoms with van der Waals surface area (Å²) in [7, 11) is 1.79. The van der Waals surface area contributed by atoms with Crippen molar-refractivity contribution in [2.45, 2.75) is 25.3 Å². The third kappa shape index (κ3) is 4.54. The minimum atomic E-state index is -0.0789. The lowest BCUT2D eigenvalue weighted by atomic mass is 10.0. The zero-order chi connectivity index (χ0) is 17.5. The van der Waals surface area contributed by atoms with E-state index in [9.17, 15) is 4.79 Å². The Hall–Kier alpha value is -2.47. The Morgan fingerprint density at radius 1 is 1.24 bits per heavy atom. The van der Waals surface area contributed by atoms with E-state index in [1.165, 1.54) is 19.3 Å². The van der Waals surface area contributed by atoms with Crippen LogP contribution in [0.2, 0.25) is 0 Å². The van der Waals surface area contributed by atoms with Crippen LogP contribution in [-0.4, -0.2) is 47.5 Å². The Labute approximate surface area is 148 Å². The molecule has 2 N–H and O–H groups in total. The van der Waals surface area contributed by atoms with Gasteiger partial charge in [0.2, 0.25) is 0 Å². The quantitative estimate of drug-likeness (QED) is 0.846. The highest BCUT2D eigenvalue weighted by Crippen LogP contribution is 2.23. The van der Waals surface area contributed by atoms with E-state index in [0.29, 0.717) is 17.9 Å². The maximum Gasteiger partial charge on any atom is 0.251 e. The number of likely N-dealkylation sites (tertiary alicyclic amines) is 1. The maximum atomic E-state index is 12.5. The lowest BCUT2D eigenvalue weighted by Gasteiger charge is -2.34. The minimum Gasteiger partial charge on any atom is -0.373 e. The van der Waals surface area contributed by atoms with Crippen molar-refractivity contribution in [3.8, 4) is 0 Å². The van der Waals surface area contributed by atoms with Gasteiger partial charge in [0, 0.05) is 37.7 Å². The standard InChI is InChI=1S/C19H25N5O/c1-20-18-12-15(7-9-22-18)19(25)23-14-17(16-6-5-8-21-13-16)24-10-3-2-4-11-24/h5-9,12-13,17H,2-4,10-11,14H2,1H3,(H,20,22)(H,23,25). The van der Waals surface area contributed by atoms with E-state index in [1.54, 1.807) is 31.6 Å². The van der Waals surface area contributed by atoms with Gasteiger partial charge in [-0.15, -0.1) is 0 Å². The number of hydrogen-bond acceptors (Lipinski definition) is 5. The first-order valence-electron chi connectivity index (χ1n) is 8.84. The predicted octanol–water partition coefficient (Wildman–Crippen LogP) is 2.48. The maximum absolute atomic E-state index is 12.5. The average molecular weight is 339 g/mol. The molecule has 1 aliphatic heterocycles. The van der Waals surface area contributed by atoms with Gasteiger partial charge in [0.05, 0.1) is 6.04 Å². The molecule has 0 aliphatic carbocycles. The second-order valence-corrected chi connectivity index (χ2v) is 6.29. The van der Waals surface area contributed by atoms with Crippen LogP contribution >= 0.6 is 0 Å². The van der Waals surface area contributed by atoms with Crippen molar-refractivity contribution in [2.24, 2.45) is 0 Å². The van der Waals surface area contributed by atoms with E-state index in [1.807, 2.05) is 12.3 Å². The van der Waals surface area contributed by atoms with Crippen molar-refractivity contribution in [3.05, 3.63) is 54.0 Å². The number of rotatable bonds is 6. The van der Waals surface area contributed by atoms with E-state index in [4.69, 9.17) is 0 Å². The molecule has 1 fully saturated rings. The van der Waals surface area contributed by atoms with Crippen LogP contribution in [0.1, 0.15) is 41.2 Å². The largest absolute Gasteiger partial charge is 0.373 e. The summed E-state index contributed by atoms with van der Waals surface area (Å²) in [6.45, 7) is 2.70. The van der Waals surface area contributed by atoms with Crippen molar-refractivity contribution in [2.75, 3.05) is 32.0 Å². The molecule has 6 nitrogen and oxygen atoms in total. The van der Waals surface area contributed by atoms with E-state index < -0.39 is 0 Å². The molecule has 1 saturated heterocycles. The van der Waals surface area contributed by atoms with Crippen molar-refractivity contribution in [1.29, 1.82) is 0 Å². The van der Waals surface area contributed by atoms with E-state index >= 15 is 0 Å². The summed E-state index contributed by atoms with van der Waals surface area (Å²) >= 11 is 0. The molecular weight excluding hydrogens is 314 g/mol. The normalized spacial score (nSPS) is 16.2. The highest BCUT2D eigenvalue weighted by Gasteiger charge is 2.23. The summed E-state index contributed by atoms with van der Waals surface area (Å²) in [6.07, 6.45) is 9.03. The van der Waals surface area contributed by atoms with E-state index in [2.05, 4.69) is 31.6 Å². The summed E-state index contributed by atoms with van der Waals surface area (Å²) in [5.41, 5.74) is 1.76. The predicted molar refractivity (Wildman–Crippen MR) is 98.5 cm³/mol. The molecule has 0 spiro atoms. The molecule has 0 radical (unpaired) electrons. The van der Waals surface area contributed by atoms with Crippen LogP contribution in [0.15, 0.2) is 42.9 Å². The Balaban J connectivity index is 1.70. The van der Waals surface area contributed by atoms with Gasteiger partial charge in [-0.05, 0) is 49.7 Å². The van der Waals surface area contributed by atoms with Gasteiger partial charge in [-0.25, -0.2) is 4.98 Å². The zero-order valence-electron chi connectivity index (χ0n) is 14.6. The fourth-order valence-electron chi connectivity index (χ4n) is 3.26. The Morgan fingerprint density at radius 2 is 2.08 bits per heavy atom. The summed E-state index contributed by atoms with van der Waals surface area (Å²) < 4.78 is 0. The Kier molecular flexibility index (Phi) is 5.95. The molecular formula is C19H25N5O. The van der Waals surface area contributed by atoms with Crippen molar-refractivity contribution in [1.82, 2.24) is 20.2 Å². The summed E-state index contributed by atoms with van der Waals surface area (Å²) in [6, 6.07) is 7.69. The number of aromatic nitrogens is 2. The molecule has 25 heavy (non-hydrogen) atoms. The number of carbonyl (C=O) groups excluding carboxylic acids is 1. The van der Waals surface area contributed by atoms with Crippen LogP contribution in [0.3, 0.4) is 0 Å². The van der Waals surface area contributed by atoms with Crippen molar-refractivity contribution in [3.63, 3.8) is 0 Å². The molecule has 6 heteroatoms. The van der Waals surface area contributed by atoms with Crippen LogP contribution in [0.5, 0.6) is 0 Å². The third-order valence-corrected chi connectivity index (χ3v) is 4.63. The first kappa shape index (κ1) is 17.4. The van der Waals surface area contributed by atoms with Crippen LogP contribution in [0, 0.1) is 0 Å². The van der Waals surface area contributed by atoms with Crippen LogP contribution in [-0.2, 0) is 0 Å². The summed E-state index contributed by atoms with van der Waals surface area (Å²) in [5, 5.41) is 6.04. The lowest BCUT2D eigenvalue weighted by Crippen LogP contribution is -2.40.